The zero-order valence-corrected chi connectivity index (χ0v) is 17.8. The monoisotopic (exact) mass is 424 g/mol. The van der Waals surface area contributed by atoms with E-state index in [2.05, 4.69) is 5.32 Å². The summed E-state index contributed by atoms with van der Waals surface area (Å²) in [4.78, 5) is 12.4. The molecule has 158 valence electrons. The Morgan fingerprint density at radius 3 is 2.14 bits per heavy atom. The number of rotatable bonds is 7. The fourth-order valence-electron chi connectivity index (χ4n) is 2.61. The molecular formula is C20H25FN2O5S. The van der Waals surface area contributed by atoms with E-state index < -0.39 is 33.8 Å². The number of carbonyl (C=O) groups is 1. The van der Waals surface area contributed by atoms with Gasteiger partial charge in [0.05, 0.1) is 24.8 Å². The maximum atomic E-state index is 13.4. The number of hydrogen-bond donors (Lipinski definition) is 1. The number of benzene rings is 2. The summed E-state index contributed by atoms with van der Waals surface area (Å²) in [5.74, 6) is -0.417. The summed E-state index contributed by atoms with van der Waals surface area (Å²) in [7, 11) is -1.33. The predicted octanol–water partition coefficient (Wildman–Crippen LogP) is 2.95. The van der Waals surface area contributed by atoms with E-state index in [9.17, 15) is 17.6 Å². The van der Waals surface area contributed by atoms with Crippen LogP contribution in [0.2, 0.25) is 0 Å². The molecule has 0 aromatic heterocycles. The minimum atomic E-state index is -4.16. The van der Waals surface area contributed by atoms with Crippen LogP contribution in [-0.4, -0.2) is 40.6 Å². The molecule has 7 nitrogen and oxygen atoms in total. The van der Waals surface area contributed by atoms with Gasteiger partial charge < -0.3 is 14.8 Å². The molecular weight excluding hydrogens is 399 g/mol. The normalized spacial score (nSPS) is 11.7. The van der Waals surface area contributed by atoms with Gasteiger partial charge in [-0.2, -0.15) is 0 Å². The van der Waals surface area contributed by atoms with E-state index >= 15 is 0 Å². The second kappa shape index (κ2) is 8.69. The molecule has 1 N–H and O–H groups in total. The molecule has 0 radical (unpaired) electrons. The van der Waals surface area contributed by atoms with Crippen molar-refractivity contribution >= 4 is 21.6 Å². The summed E-state index contributed by atoms with van der Waals surface area (Å²) in [6, 6.07) is 9.00. The molecule has 2 aromatic carbocycles. The number of amides is 1. The van der Waals surface area contributed by atoms with Crippen molar-refractivity contribution in [1.29, 1.82) is 0 Å². The first-order valence-corrected chi connectivity index (χ1v) is 10.2. The molecule has 0 aliphatic carbocycles. The highest BCUT2D eigenvalue weighted by Crippen LogP contribution is 2.32. The van der Waals surface area contributed by atoms with Crippen LogP contribution in [0.25, 0.3) is 0 Å². The lowest BCUT2D eigenvalue weighted by Crippen LogP contribution is -2.47. The molecule has 0 aliphatic heterocycles. The minimum Gasteiger partial charge on any atom is -0.493 e. The SMILES string of the molecule is COc1ccc(S(=O)(=O)N(CC(=O)NC(C)(C)C)c2ccc(F)cc2)cc1OC. The van der Waals surface area contributed by atoms with Crippen molar-refractivity contribution in [1.82, 2.24) is 5.32 Å². The summed E-state index contributed by atoms with van der Waals surface area (Å²) in [6.45, 7) is 4.89. The first-order chi connectivity index (χ1) is 13.5. The van der Waals surface area contributed by atoms with Crippen molar-refractivity contribution in [2.24, 2.45) is 0 Å². The van der Waals surface area contributed by atoms with Crippen LogP contribution >= 0.6 is 0 Å². The highest BCUT2D eigenvalue weighted by atomic mass is 32.2. The summed E-state index contributed by atoms with van der Waals surface area (Å²) < 4.78 is 51.3. The van der Waals surface area contributed by atoms with E-state index in [-0.39, 0.29) is 16.3 Å². The molecule has 0 saturated carbocycles. The number of hydrogen-bond acceptors (Lipinski definition) is 5. The van der Waals surface area contributed by atoms with Gasteiger partial charge in [-0.1, -0.05) is 0 Å². The smallest absolute Gasteiger partial charge is 0.264 e. The first-order valence-electron chi connectivity index (χ1n) is 8.79. The Morgan fingerprint density at radius 1 is 1.03 bits per heavy atom. The van der Waals surface area contributed by atoms with Gasteiger partial charge in [-0.25, -0.2) is 12.8 Å². The number of halogens is 1. The van der Waals surface area contributed by atoms with Gasteiger partial charge in [0.1, 0.15) is 12.4 Å². The Morgan fingerprint density at radius 2 is 1.62 bits per heavy atom. The third-order valence-electron chi connectivity index (χ3n) is 3.86. The standard InChI is InChI=1S/C20H25FN2O5S/c1-20(2,3)22-19(24)13-23(15-8-6-14(21)7-9-15)29(25,26)16-10-11-17(27-4)18(12-16)28-5/h6-12H,13H2,1-5H3,(H,22,24). The van der Waals surface area contributed by atoms with Crippen molar-refractivity contribution in [3.63, 3.8) is 0 Å². The zero-order chi connectivity index (χ0) is 21.8. The zero-order valence-electron chi connectivity index (χ0n) is 17.0. The molecule has 0 heterocycles. The first kappa shape index (κ1) is 22.5. The lowest BCUT2D eigenvalue weighted by molar-refractivity contribution is -0.121. The lowest BCUT2D eigenvalue weighted by atomic mass is 10.1. The van der Waals surface area contributed by atoms with Crippen LogP contribution in [0.1, 0.15) is 20.8 Å². The molecule has 1 amide bonds. The van der Waals surface area contributed by atoms with Gasteiger partial charge in [0.25, 0.3) is 10.0 Å². The second-order valence-corrected chi connectivity index (χ2v) is 9.17. The molecule has 0 aliphatic rings. The van der Waals surface area contributed by atoms with Gasteiger partial charge in [0.15, 0.2) is 11.5 Å². The van der Waals surface area contributed by atoms with Crippen molar-refractivity contribution in [3.05, 3.63) is 48.3 Å². The number of sulfonamides is 1. The third-order valence-corrected chi connectivity index (χ3v) is 5.63. The Kier molecular flexibility index (Phi) is 6.73. The van der Waals surface area contributed by atoms with Crippen molar-refractivity contribution < 1.29 is 27.1 Å². The second-order valence-electron chi connectivity index (χ2n) is 7.30. The van der Waals surface area contributed by atoms with Crippen LogP contribution < -0.4 is 19.1 Å². The lowest BCUT2D eigenvalue weighted by Gasteiger charge is -2.27. The predicted molar refractivity (Wildman–Crippen MR) is 108 cm³/mol. The van der Waals surface area contributed by atoms with E-state index in [1.807, 2.05) is 0 Å². The number of nitrogens with one attached hydrogen (secondary N) is 1. The maximum absolute atomic E-state index is 13.4. The summed E-state index contributed by atoms with van der Waals surface area (Å²) >= 11 is 0. The molecule has 0 spiro atoms. The molecule has 0 unspecified atom stereocenters. The number of carbonyl (C=O) groups excluding carboxylic acids is 1. The van der Waals surface area contributed by atoms with Gasteiger partial charge in [-0.05, 0) is 57.2 Å². The van der Waals surface area contributed by atoms with Crippen LogP contribution in [0, 0.1) is 5.82 Å². The largest absolute Gasteiger partial charge is 0.493 e. The van der Waals surface area contributed by atoms with Gasteiger partial charge in [-0.15, -0.1) is 0 Å². The summed E-state index contributed by atoms with van der Waals surface area (Å²) in [6.07, 6.45) is 0. The molecule has 0 bridgehead atoms. The summed E-state index contributed by atoms with van der Waals surface area (Å²) in [5, 5.41) is 2.73. The third kappa shape index (κ3) is 5.60. The Balaban J connectivity index is 2.51. The molecule has 2 aromatic rings. The molecule has 29 heavy (non-hydrogen) atoms. The van der Waals surface area contributed by atoms with E-state index in [1.54, 1.807) is 20.8 Å². The van der Waals surface area contributed by atoms with E-state index in [0.29, 0.717) is 5.75 Å². The number of ether oxygens (including phenoxy) is 2. The average molecular weight is 424 g/mol. The fourth-order valence-corrected chi connectivity index (χ4v) is 4.05. The van der Waals surface area contributed by atoms with Crippen LogP contribution in [0.4, 0.5) is 10.1 Å². The van der Waals surface area contributed by atoms with Crippen LogP contribution in [0.5, 0.6) is 11.5 Å². The summed E-state index contributed by atoms with van der Waals surface area (Å²) in [5.41, 5.74) is -0.385. The topological polar surface area (TPSA) is 84.9 Å². The quantitative estimate of drug-likeness (QED) is 0.739. The van der Waals surface area contributed by atoms with Crippen molar-refractivity contribution in [3.8, 4) is 11.5 Å². The van der Waals surface area contributed by atoms with Crippen molar-refractivity contribution in [2.75, 3.05) is 25.1 Å². The number of nitrogens with zero attached hydrogens (tertiary/aromatic N) is 1. The number of methoxy groups -OCH3 is 2. The molecule has 9 heteroatoms. The van der Waals surface area contributed by atoms with Crippen LogP contribution in [0.3, 0.4) is 0 Å². The van der Waals surface area contributed by atoms with Crippen LogP contribution in [0.15, 0.2) is 47.4 Å². The van der Waals surface area contributed by atoms with Crippen molar-refractivity contribution in [2.45, 2.75) is 31.2 Å². The number of anilines is 1. The molecule has 0 saturated heterocycles. The Hall–Kier alpha value is -2.81. The van der Waals surface area contributed by atoms with Crippen LogP contribution in [-0.2, 0) is 14.8 Å². The molecule has 0 atom stereocenters. The van der Waals surface area contributed by atoms with E-state index in [1.165, 1.54) is 44.6 Å². The highest BCUT2D eigenvalue weighted by Gasteiger charge is 2.29. The minimum absolute atomic E-state index is 0.0944. The van der Waals surface area contributed by atoms with Gasteiger partial charge in [-0.3, -0.25) is 9.10 Å². The molecule has 2 rings (SSSR count). The maximum Gasteiger partial charge on any atom is 0.264 e. The Bertz CT molecular complexity index is 969. The van der Waals surface area contributed by atoms with Gasteiger partial charge in [0, 0.05) is 11.6 Å². The van der Waals surface area contributed by atoms with E-state index in [0.717, 1.165) is 16.4 Å². The van der Waals surface area contributed by atoms with E-state index in [4.69, 9.17) is 9.47 Å². The average Bonchev–Trinajstić information content (AvgIpc) is 2.64. The fraction of sp³-hybridized carbons (Fsp3) is 0.350. The van der Waals surface area contributed by atoms with Gasteiger partial charge >= 0.3 is 0 Å². The Labute approximate surface area is 170 Å². The highest BCUT2D eigenvalue weighted by molar-refractivity contribution is 7.92. The molecule has 0 fully saturated rings. The van der Waals surface area contributed by atoms with Gasteiger partial charge in [0.2, 0.25) is 5.91 Å².